The van der Waals surface area contributed by atoms with E-state index in [4.69, 9.17) is 0 Å². The molecule has 0 aliphatic heterocycles. The maximum atomic E-state index is 3.48. The number of hydrogen-bond donors (Lipinski definition) is 1. The molecule has 0 atom stereocenters. The van der Waals surface area contributed by atoms with Gasteiger partial charge >= 0.3 is 0 Å². The van der Waals surface area contributed by atoms with Crippen LogP contribution in [0.4, 0.5) is 11.4 Å². The fourth-order valence-electron chi connectivity index (χ4n) is 7.77. The second-order valence-corrected chi connectivity index (χ2v) is 13.1. The Morgan fingerprint density at radius 3 is 1.57 bits per heavy atom. The third kappa shape index (κ3) is 4.90. The van der Waals surface area contributed by atoms with Crippen molar-refractivity contribution < 1.29 is 0 Å². The zero-order valence-electron chi connectivity index (χ0n) is 27.9. The molecule has 2 aromatic heterocycles. The zero-order chi connectivity index (χ0) is 33.7. The maximum absolute atomic E-state index is 3.48. The predicted octanol–water partition coefficient (Wildman–Crippen LogP) is 13.0. The number of fused-ring (bicyclic) bond motifs is 6. The molecule has 0 saturated heterocycles. The third-order valence-electron chi connectivity index (χ3n) is 10.1. The summed E-state index contributed by atoms with van der Waals surface area (Å²) in [7, 11) is 0. The second kappa shape index (κ2) is 11.9. The van der Waals surface area contributed by atoms with Gasteiger partial charge in [-0.05, 0) is 95.1 Å². The highest BCUT2D eigenvalue weighted by Crippen LogP contribution is 2.41. The van der Waals surface area contributed by atoms with Crippen molar-refractivity contribution in [1.82, 2.24) is 9.13 Å². The van der Waals surface area contributed by atoms with Crippen LogP contribution in [0.3, 0.4) is 0 Å². The monoisotopic (exact) mass is 651 g/mol. The standard InChI is InChI=1S/C48H33N3/c1-3-12-36(13-4-1)49-37-27-22-33(23-28-37)34-24-29-39(30-25-34)50-45-20-10-8-17-43(45)48-40(18-11-21-46(48)50)35-26-31-42-41-16-7-9-19-44(41)51(47(42)32-35)38-14-5-2-6-15-38/h1-32,49H. The molecule has 0 fully saturated rings. The number of anilines is 2. The molecule has 51 heavy (non-hydrogen) atoms. The lowest BCUT2D eigenvalue weighted by molar-refractivity contribution is 1.18. The summed E-state index contributed by atoms with van der Waals surface area (Å²) < 4.78 is 4.80. The van der Waals surface area contributed by atoms with Crippen molar-refractivity contribution in [1.29, 1.82) is 0 Å². The Morgan fingerprint density at radius 2 is 0.824 bits per heavy atom. The van der Waals surface area contributed by atoms with Gasteiger partial charge in [-0.25, -0.2) is 0 Å². The molecule has 2 heterocycles. The van der Waals surface area contributed by atoms with Crippen molar-refractivity contribution in [2.45, 2.75) is 0 Å². The van der Waals surface area contributed by atoms with Crippen LogP contribution in [-0.4, -0.2) is 9.13 Å². The van der Waals surface area contributed by atoms with E-state index in [0.29, 0.717) is 0 Å². The smallest absolute Gasteiger partial charge is 0.0547 e. The number of nitrogens with one attached hydrogen (secondary N) is 1. The van der Waals surface area contributed by atoms with Crippen LogP contribution < -0.4 is 5.32 Å². The largest absolute Gasteiger partial charge is 0.356 e. The van der Waals surface area contributed by atoms with E-state index < -0.39 is 0 Å². The quantitative estimate of drug-likeness (QED) is 0.190. The molecule has 0 spiro atoms. The lowest BCUT2D eigenvalue weighted by Gasteiger charge is -2.11. The van der Waals surface area contributed by atoms with Gasteiger partial charge in [-0.3, -0.25) is 0 Å². The molecule has 0 saturated carbocycles. The van der Waals surface area contributed by atoms with Crippen molar-refractivity contribution >= 4 is 55.0 Å². The Kier molecular flexibility index (Phi) is 6.81. The Morgan fingerprint density at radius 1 is 0.314 bits per heavy atom. The average molecular weight is 652 g/mol. The summed E-state index contributed by atoms with van der Waals surface area (Å²) >= 11 is 0. The predicted molar refractivity (Wildman–Crippen MR) is 216 cm³/mol. The van der Waals surface area contributed by atoms with Gasteiger partial charge < -0.3 is 14.5 Å². The van der Waals surface area contributed by atoms with Crippen LogP contribution >= 0.6 is 0 Å². The summed E-state index contributed by atoms with van der Waals surface area (Å²) in [5.74, 6) is 0. The first-order chi connectivity index (χ1) is 25.3. The lowest BCUT2D eigenvalue weighted by atomic mass is 9.98. The fourth-order valence-corrected chi connectivity index (χ4v) is 7.77. The van der Waals surface area contributed by atoms with Crippen molar-refractivity contribution in [3.8, 4) is 33.6 Å². The van der Waals surface area contributed by atoms with Crippen LogP contribution in [-0.2, 0) is 0 Å². The molecule has 8 aromatic carbocycles. The van der Waals surface area contributed by atoms with Crippen molar-refractivity contribution in [3.63, 3.8) is 0 Å². The third-order valence-corrected chi connectivity index (χ3v) is 10.1. The first-order valence-corrected chi connectivity index (χ1v) is 17.4. The Balaban J connectivity index is 1.08. The summed E-state index contributed by atoms with van der Waals surface area (Å²) in [4.78, 5) is 0. The first kappa shape index (κ1) is 29.1. The first-order valence-electron chi connectivity index (χ1n) is 17.4. The highest BCUT2D eigenvalue weighted by molar-refractivity contribution is 6.17. The molecule has 3 nitrogen and oxygen atoms in total. The molecule has 0 unspecified atom stereocenters. The maximum Gasteiger partial charge on any atom is 0.0547 e. The van der Waals surface area contributed by atoms with Gasteiger partial charge in [0.15, 0.2) is 0 Å². The Labute approximate surface area is 296 Å². The van der Waals surface area contributed by atoms with E-state index >= 15 is 0 Å². The van der Waals surface area contributed by atoms with E-state index in [2.05, 4.69) is 190 Å². The van der Waals surface area contributed by atoms with Crippen molar-refractivity contribution in [3.05, 3.63) is 194 Å². The van der Waals surface area contributed by atoms with Crippen molar-refractivity contribution in [2.75, 3.05) is 5.32 Å². The summed E-state index contributed by atoms with van der Waals surface area (Å²) in [6, 6.07) is 69.8. The minimum absolute atomic E-state index is 1.07. The van der Waals surface area contributed by atoms with Crippen molar-refractivity contribution in [2.24, 2.45) is 0 Å². The van der Waals surface area contributed by atoms with Crippen LogP contribution in [0.15, 0.2) is 194 Å². The van der Waals surface area contributed by atoms with Gasteiger partial charge in [-0.15, -0.1) is 0 Å². The van der Waals surface area contributed by atoms with Gasteiger partial charge in [0.2, 0.25) is 0 Å². The molecule has 10 rings (SSSR count). The molecule has 0 aliphatic rings. The van der Waals surface area contributed by atoms with Gasteiger partial charge in [-0.1, -0.05) is 121 Å². The van der Waals surface area contributed by atoms with E-state index in [9.17, 15) is 0 Å². The number of nitrogens with zero attached hydrogens (tertiary/aromatic N) is 2. The normalized spacial score (nSPS) is 11.5. The molecule has 10 aromatic rings. The minimum atomic E-state index is 1.07. The van der Waals surface area contributed by atoms with Crippen LogP contribution in [0.2, 0.25) is 0 Å². The van der Waals surface area contributed by atoms with Crippen LogP contribution in [0.25, 0.3) is 77.2 Å². The number of rotatable bonds is 6. The van der Waals surface area contributed by atoms with E-state index in [1.807, 2.05) is 18.2 Å². The second-order valence-electron chi connectivity index (χ2n) is 13.1. The Bertz CT molecular complexity index is 2840. The van der Waals surface area contributed by atoms with Crippen LogP contribution in [0.5, 0.6) is 0 Å². The number of benzene rings is 8. The SMILES string of the molecule is c1ccc(Nc2ccc(-c3ccc(-n4c5ccccc5c5c(-c6ccc7c8ccccc8n(-c8ccccc8)c7c6)cccc54)cc3)cc2)cc1. The summed E-state index contributed by atoms with van der Waals surface area (Å²) in [6.45, 7) is 0. The number of aromatic nitrogens is 2. The Hall–Kier alpha value is -6.84. The highest BCUT2D eigenvalue weighted by Gasteiger charge is 2.18. The van der Waals surface area contributed by atoms with E-state index in [-0.39, 0.29) is 0 Å². The molecule has 1 N–H and O–H groups in total. The zero-order valence-corrected chi connectivity index (χ0v) is 27.9. The molecular formula is C48H33N3. The van der Waals surface area contributed by atoms with E-state index in [1.54, 1.807) is 0 Å². The summed E-state index contributed by atoms with van der Waals surface area (Å²) in [5.41, 5.74) is 14.1. The fraction of sp³-hybridized carbons (Fsp3) is 0. The van der Waals surface area contributed by atoms with E-state index in [0.717, 1.165) is 17.1 Å². The molecule has 0 aliphatic carbocycles. The minimum Gasteiger partial charge on any atom is -0.356 e. The van der Waals surface area contributed by atoms with Crippen LogP contribution in [0, 0.1) is 0 Å². The lowest BCUT2D eigenvalue weighted by Crippen LogP contribution is -1.94. The van der Waals surface area contributed by atoms with Crippen LogP contribution in [0.1, 0.15) is 0 Å². The topological polar surface area (TPSA) is 21.9 Å². The molecular weight excluding hydrogens is 619 g/mol. The van der Waals surface area contributed by atoms with Gasteiger partial charge in [0.25, 0.3) is 0 Å². The van der Waals surface area contributed by atoms with Gasteiger partial charge in [0.1, 0.15) is 0 Å². The average Bonchev–Trinajstić information content (AvgIpc) is 3.72. The van der Waals surface area contributed by atoms with Gasteiger partial charge in [0, 0.05) is 44.3 Å². The number of para-hydroxylation sites is 4. The van der Waals surface area contributed by atoms with Gasteiger partial charge in [0.05, 0.1) is 22.1 Å². The molecule has 0 amide bonds. The summed E-state index contributed by atoms with van der Waals surface area (Å²) in [6.07, 6.45) is 0. The van der Waals surface area contributed by atoms with E-state index in [1.165, 1.54) is 71.6 Å². The molecule has 240 valence electrons. The molecule has 0 radical (unpaired) electrons. The van der Waals surface area contributed by atoms with Gasteiger partial charge in [-0.2, -0.15) is 0 Å². The number of hydrogen-bond acceptors (Lipinski definition) is 1. The molecule has 0 bridgehead atoms. The highest BCUT2D eigenvalue weighted by atomic mass is 15.0. The molecule has 3 heteroatoms. The summed E-state index contributed by atoms with van der Waals surface area (Å²) in [5, 5.41) is 8.52.